The zero-order chi connectivity index (χ0) is 23.9. The molecule has 1 amide bonds. The lowest BCUT2D eigenvalue weighted by molar-refractivity contribution is -0.140. The molecule has 0 bridgehead atoms. The van der Waals surface area contributed by atoms with Crippen molar-refractivity contribution < 1.29 is 28.6 Å². The second-order valence-electron chi connectivity index (χ2n) is 8.55. The number of hydrogen-bond donors (Lipinski definition) is 1. The average molecular weight is 469 g/mol. The van der Waals surface area contributed by atoms with Gasteiger partial charge in [-0.15, -0.1) is 0 Å². The van der Waals surface area contributed by atoms with Gasteiger partial charge < -0.3 is 23.9 Å². The van der Waals surface area contributed by atoms with E-state index in [0.717, 1.165) is 32.5 Å². The number of rotatable bonds is 10. The van der Waals surface area contributed by atoms with Crippen molar-refractivity contribution in [3.63, 3.8) is 0 Å². The Morgan fingerprint density at radius 2 is 1.94 bits per heavy atom. The number of likely N-dealkylation sites (tertiary alicyclic amines) is 1. The number of ether oxygens (including phenoxy) is 2. The number of unbranched alkanes of at least 4 members (excludes halogenated alkanes) is 1. The van der Waals surface area contributed by atoms with Gasteiger partial charge in [-0.05, 0) is 37.1 Å². The van der Waals surface area contributed by atoms with Crippen LogP contribution in [0.3, 0.4) is 0 Å². The maximum atomic E-state index is 13.1. The molecule has 34 heavy (non-hydrogen) atoms. The molecule has 0 saturated carbocycles. The Balaban J connectivity index is 1.59. The van der Waals surface area contributed by atoms with Gasteiger partial charge in [0.05, 0.1) is 31.7 Å². The van der Waals surface area contributed by atoms with Crippen molar-refractivity contribution in [1.82, 2.24) is 9.80 Å². The number of benzene rings is 1. The second kappa shape index (κ2) is 11.4. The summed E-state index contributed by atoms with van der Waals surface area (Å²) < 4.78 is 16.7. The van der Waals surface area contributed by atoms with Gasteiger partial charge >= 0.3 is 0 Å². The van der Waals surface area contributed by atoms with Crippen LogP contribution in [0, 0.1) is 0 Å². The normalized spacial score (nSPS) is 20.7. The summed E-state index contributed by atoms with van der Waals surface area (Å²) in [5.74, 6) is -0.506. The highest BCUT2D eigenvalue weighted by molar-refractivity contribution is 6.46. The molecule has 1 aromatic heterocycles. The molecule has 2 aliphatic rings. The van der Waals surface area contributed by atoms with Crippen molar-refractivity contribution in [2.45, 2.75) is 32.2 Å². The molecule has 1 aromatic carbocycles. The number of ketones is 1. The summed E-state index contributed by atoms with van der Waals surface area (Å²) in [6.07, 6.45) is 4.14. The first-order valence-corrected chi connectivity index (χ1v) is 11.9. The van der Waals surface area contributed by atoms with Crippen molar-refractivity contribution in [1.29, 1.82) is 0 Å². The number of amides is 1. The zero-order valence-electron chi connectivity index (χ0n) is 19.6. The zero-order valence-corrected chi connectivity index (χ0v) is 19.6. The summed E-state index contributed by atoms with van der Waals surface area (Å²) in [6.45, 7) is 6.96. The van der Waals surface area contributed by atoms with Crippen LogP contribution in [0.15, 0.2) is 52.7 Å². The first kappa shape index (κ1) is 24.0. The number of carbonyl (C=O) groups is 2. The molecule has 8 heteroatoms. The van der Waals surface area contributed by atoms with Crippen LogP contribution in [0.25, 0.3) is 5.76 Å². The minimum absolute atomic E-state index is 0.0389. The molecule has 1 N–H and O–H groups in total. The number of Topliss-reactive ketones (excluding diaryl/α,β-unsaturated/α-hetero) is 1. The van der Waals surface area contributed by atoms with Crippen molar-refractivity contribution >= 4 is 17.4 Å². The molecule has 0 aliphatic carbocycles. The minimum atomic E-state index is -0.774. The van der Waals surface area contributed by atoms with Crippen LogP contribution in [-0.4, -0.2) is 72.6 Å². The number of carbonyl (C=O) groups excluding carboxylic acids is 2. The molecular weight excluding hydrogens is 436 g/mol. The van der Waals surface area contributed by atoms with Crippen molar-refractivity contribution in [3.05, 3.63) is 59.6 Å². The van der Waals surface area contributed by atoms with Crippen LogP contribution in [0.2, 0.25) is 0 Å². The Morgan fingerprint density at radius 3 is 2.68 bits per heavy atom. The number of morpholine rings is 1. The van der Waals surface area contributed by atoms with Gasteiger partial charge in [-0.1, -0.05) is 25.5 Å². The smallest absolute Gasteiger partial charge is 0.295 e. The van der Waals surface area contributed by atoms with Gasteiger partial charge in [0.15, 0.2) is 0 Å². The molecule has 2 fully saturated rings. The number of hydrogen-bond acceptors (Lipinski definition) is 7. The highest BCUT2D eigenvalue weighted by Crippen LogP contribution is 2.40. The molecule has 4 rings (SSSR count). The Labute approximate surface area is 199 Å². The summed E-state index contributed by atoms with van der Waals surface area (Å²) in [5.41, 5.74) is 0.467. The molecule has 3 heterocycles. The summed E-state index contributed by atoms with van der Waals surface area (Å²) in [6, 6.07) is 9.62. The van der Waals surface area contributed by atoms with Gasteiger partial charge in [-0.3, -0.25) is 14.5 Å². The average Bonchev–Trinajstić information content (AvgIpc) is 3.47. The van der Waals surface area contributed by atoms with E-state index in [0.29, 0.717) is 49.9 Å². The van der Waals surface area contributed by atoms with E-state index in [-0.39, 0.29) is 11.3 Å². The predicted octanol–water partition coefficient (Wildman–Crippen LogP) is 3.60. The molecule has 1 atom stereocenters. The van der Waals surface area contributed by atoms with Crippen LogP contribution < -0.4 is 4.74 Å². The van der Waals surface area contributed by atoms with Crippen molar-refractivity contribution in [2.75, 3.05) is 46.0 Å². The Bertz CT molecular complexity index is 1010. The van der Waals surface area contributed by atoms with E-state index >= 15 is 0 Å². The van der Waals surface area contributed by atoms with E-state index in [2.05, 4.69) is 11.8 Å². The lowest BCUT2D eigenvalue weighted by Gasteiger charge is -2.28. The number of aliphatic hydroxyl groups is 1. The SMILES string of the molecule is CCCCOc1cccc(C(O)=C2C(=O)C(=O)N(CCCN3CCOCC3)C2c2ccco2)c1. The molecular formula is C26H32N2O6. The van der Waals surface area contributed by atoms with Gasteiger partial charge in [0, 0.05) is 31.7 Å². The molecule has 0 radical (unpaired) electrons. The first-order chi connectivity index (χ1) is 16.6. The third-order valence-electron chi connectivity index (χ3n) is 6.20. The van der Waals surface area contributed by atoms with Crippen molar-refractivity contribution in [3.8, 4) is 5.75 Å². The van der Waals surface area contributed by atoms with Crippen LogP contribution in [0.5, 0.6) is 5.75 Å². The highest BCUT2D eigenvalue weighted by Gasteiger charge is 2.47. The minimum Gasteiger partial charge on any atom is -0.507 e. The lowest BCUT2D eigenvalue weighted by atomic mass is 9.99. The number of aliphatic hydroxyl groups excluding tert-OH is 1. The Hall–Kier alpha value is -3.10. The fraction of sp³-hybridized carbons (Fsp3) is 0.462. The predicted molar refractivity (Wildman–Crippen MR) is 126 cm³/mol. The third kappa shape index (κ3) is 5.34. The Morgan fingerprint density at radius 1 is 1.12 bits per heavy atom. The van der Waals surface area contributed by atoms with Gasteiger partial charge in [-0.25, -0.2) is 0 Å². The van der Waals surface area contributed by atoms with Crippen LogP contribution in [0.4, 0.5) is 0 Å². The fourth-order valence-corrected chi connectivity index (χ4v) is 4.37. The first-order valence-electron chi connectivity index (χ1n) is 11.9. The monoisotopic (exact) mass is 468 g/mol. The standard InChI is InChI=1S/C26H32N2O6/c1-2-3-14-33-20-8-4-7-19(18-20)24(29)22-23(21-9-5-15-34-21)28(26(31)25(22)30)11-6-10-27-12-16-32-17-13-27/h4-5,7-9,15,18,23,29H,2-3,6,10-14,16-17H2,1H3. The van der Waals surface area contributed by atoms with Crippen molar-refractivity contribution in [2.24, 2.45) is 0 Å². The van der Waals surface area contributed by atoms with Gasteiger partial charge in [0.2, 0.25) is 0 Å². The molecule has 2 saturated heterocycles. The van der Waals surface area contributed by atoms with Gasteiger partial charge in [0.25, 0.3) is 11.7 Å². The lowest BCUT2D eigenvalue weighted by Crippen LogP contribution is -2.38. The molecule has 0 spiro atoms. The van der Waals surface area contributed by atoms with Crippen LogP contribution >= 0.6 is 0 Å². The third-order valence-corrected chi connectivity index (χ3v) is 6.20. The van der Waals surface area contributed by atoms with E-state index in [9.17, 15) is 14.7 Å². The number of furan rings is 1. The summed E-state index contributed by atoms with van der Waals surface area (Å²) in [4.78, 5) is 29.9. The number of nitrogens with zero attached hydrogens (tertiary/aromatic N) is 2. The highest BCUT2D eigenvalue weighted by atomic mass is 16.5. The van der Waals surface area contributed by atoms with E-state index in [1.54, 1.807) is 36.4 Å². The molecule has 8 nitrogen and oxygen atoms in total. The van der Waals surface area contributed by atoms with E-state index in [1.807, 2.05) is 0 Å². The molecule has 2 aromatic rings. The molecule has 2 aliphatic heterocycles. The molecule has 182 valence electrons. The van der Waals surface area contributed by atoms with Gasteiger partial charge in [0.1, 0.15) is 23.3 Å². The molecule has 1 unspecified atom stereocenters. The van der Waals surface area contributed by atoms with Crippen LogP contribution in [0.1, 0.15) is 43.6 Å². The fourth-order valence-electron chi connectivity index (χ4n) is 4.37. The summed E-state index contributed by atoms with van der Waals surface area (Å²) >= 11 is 0. The largest absolute Gasteiger partial charge is 0.507 e. The Kier molecular flexibility index (Phi) is 8.03. The van der Waals surface area contributed by atoms with E-state index < -0.39 is 17.7 Å². The maximum Gasteiger partial charge on any atom is 0.295 e. The maximum absolute atomic E-state index is 13.1. The topological polar surface area (TPSA) is 92.5 Å². The van der Waals surface area contributed by atoms with Gasteiger partial charge in [-0.2, -0.15) is 0 Å². The van der Waals surface area contributed by atoms with E-state index in [1.165, 1.54) is 11.2 Å². The summed E-state index contributed by atoms with van der Waals surface area (Å²) in [7, 11) is 0. The van der Waals surface area contributed by atoms with Crippen LogP contribution in [-0.2, 0) is 14.3 Å². The van der Waals surface area contributed by atoms with E-state index in [4.69, 9.17) is 13.9 Å². The summed E-state index contributed by atoms with van der Waals surface area (Å²) in [5, 5.41) is 11.2. The quantitative estimate of drug-likeness (QED) is 0.246. The second-order valence-corrected chi connectivity index (χ2v) is 8.55.